The van der Waals surface area contributed by atoms with Crippen molar-refractivity contribution in [3.8, 4) is 5.75 Å². The van der Waals surface area contributed by atoms with Gasteiger partial charge < -0.3 is 10.1 Å². The molecule has 7 heteroatoms. The van der Waals surface area contributed by atoms with Crippen LogP contribution in [0.4, 0.5) is 5.69 Å². The highest BCUT2D eigenvalue weighted by Crippen LogP contribution is 2.66. The van der Waals surface area contributed by atoms with Crippen LogP contribution in [0, 0.1) is 5.41 Å². The summed E-state index contributed by atoms with van der Waals surface area (Å²) in [6, 6.07) is 7.36. The molecule has 1 aromatic carbocycles. The standard InChI is InChI=1S/C21H26N4O2S/c1-5-27-14-8-6-13(7-9-14)22-16(26)12-28-19-23-18-17(24-25-19)15-10-11-21(18,4)20(15,2)3/h6-9,15H,5,10-12H2,1-4H3,(H,22,26)/t15-,21-/m0/s1. The van der Waals surface area contributed by atoms with Crippen LogP contribution in [0.1, 0.15) is 57.8 Å². The first kappa shape index (κ1) is 19.2. The summed E-state index contributed by atoms with van der Waals surface area (Å²) in [7, 11) is 0. The van der Waals surface area contributed by atoms with E-state index < -0.39 is 0 Å². The number of nitrogens with zero attached hydrogens (tertiary/aromatic N) is 3. The van der Waals surface area contributed by atoms with Gasteiger partial charge >= 0.3 is 0 Å². The van der Waals surface area contributed by atoms with E-state index in [0.717, 1.165) is 35.7 Å². The summed E-state index contributed by atoms with van der Waals surface area (Å²) < 4.78 is 5.41. The van der Waals surface area contributed by atoms with Crippen LogP contribution in [0.25, 0.3) is 0 Å². The highest BCUT2D eigenvalue weighted by molar-refractivity contribution is 7.99. The summed E-state index contributed by atoms with van der Waals surface area (Å²) in [5.74, 6) is 1.39. The Morgan fingerprint density at radius 1 is 1.25 bits per heavy atom. The summed E-state index contributed by atoms with van der Waals surface area (Å²) in [4.78, 5) is 17.1. The topological polar surface area (TPSA) is 77.0 Å². The van der Waals surface area contributed by atoms with Crippen molar-refractivity contribution in [3.05, 3.63) is 35.7 Å². The van der Waals surface area contributed by atoms with E-state index in [-0.39, 0.29) is 22.5 Å². The Balaban J connectivity index is 1.39. The molecule has 1 fully saturated rings. The Morgan fingerprint density at radius 3 is 2.71 bits per heavy atom. The van der Waals surface area contributed by atoms with Crippen LogP contribution in [-0.4, -0.2) is 33.4 Å². The third-order valence-electron chi connectivity index (χ3n) is 6.55. The summed E-state index contributed by atoms with van der Waals surface area (Å²) in [6.07, 6.45) is 2.29. The molecular weight excluding hydrogens is 372 g/mol. The van der Waals surface area contributed by atoms with Crippen molar-refractivity contribution in [1.29, 1.82) is 0 Å². The van der Waals surface area contributed by atoms with E-state index in [2.05, 4.69) is 36.3 Å². The molecule has 28 heavy (non-hydrogen) atoms. The fraction of sp³-hybridized carbons (Fsp3) is 0.524. The molecule has 2 atom stereocenters. The van der Waals surface area contributed by atoms with Crippen LogP contribution < -0.4 is 10.1 Å². The molecule has 2 aliphatic rings. The number of benzene rings is 1. The largest absolute Gasteiger partial charge is 0.494 e. The van der Waals surface area contributed by atoms with Gasteiger partial charge in [-0.15, -0.1) is 5.10 Å². The molecule has 0 aliphatic heterocycles. The van der Waals surface area contributed by atoms with E-state index in [0.29, 0.717) is 17.7 Å². The molecule has 1 saturated carbocycles. The molecule has 1 amide bonds. The van der Waals surface area contributed by atoms with Gasteiger partial charge in [-0.2, -0.15) is 5.10 Å². The molecule has 0 unspecified atom stereocenters. The minimum Gasteiger partial charge on any atom is -0.494 e. The van der Waals surface area contributed by atoms with E-state index in [1.807, 2.05) is 31.2 Å². The lowest BCUT2D eigenvalue weighted by molar-refractivity contribution is -0.113. The number of anilines is 1. The minimum atomic E-state index is -0.0914. The van der Waals surface area contributed by atoms with E-state index in [1.165, 1.54) is 11.8 Å². The fourth-order valence-electron chi connectivity index (χ4n) is 4.55. The number of ether oxygens (including phenoxy) is 1. The zero-order chi connectivity index (χ0) is 19.9. The number of aromatic nitrogens is 3. The maximum absolute atomic E-state index is 12.3. The van der Waals surface area contributed by atoms with E-state index in [9.17, 15) is 4.79 Å². The lowest BCUT2D eigenvalue weighted by atomic mass is 9.70. The molecule has 4 rings (SSSR count). The molecule has 1 N–H and O–H groups in total. The average Bonchev–Trinajstić information content (AvgIpc) is 3.00. The molecule has 0 radical (unpaired) electrons. The van der Waals surface area contributed by atoms with Crippen LogP contribution in [0.2, 0.25) is 0 Å². The van der Waals surface area contributed by atoms with Gasteiger partial charge in [0.05, 0.1) is 23.7 Å². The van der Waals surface area contributed by atoms with Crippen LogP contribution in [0.5, 0.6) is 5.75 Å². The van der Waals surface area contributed by atoms with E-state index in [4.69, 9.17) is 9.72 Å². The van der Waals surface area contributed by atoms with Gasteiger partial charge in [0.2, 0.25) is 11.1 Å². The molecule has 2 bridgehead atoms. The van der Waals surface area contributed by atoms with Crippen molar-refractivity contribution in [2.45, 2.75) is 57.0 Å². The molecule has 148 valence electrons. The highest BCUT2D eigenvalue weighted by Gasteiger charge is 2.61. The van der Waals surface area contributed by atoms with Crippen molar-refractivity contribution in [2.24, 2.45) is 5.41 Å². The van der Waals surface area contributed by atoms with Crippen LogP contribution in [0.3, 0.4) is 0 Å². The van der Waals surface area contributed by atoms with Crippen molar-refractivity contribution in [1.82, 2.24) is 15.2 Å². The predicted molar refractivity (Wildman–Crippen MR) is 110 cm³/mol. The Hall–Kier alpha value is -2.15. The van der Waals surface area contributed by atoms with Crippen LogP contribution in [0.15, 0.2) is 29.4 Å². The van der Waals surface area contributed by atoms with Crippen molar-refractivity contribution < 1.29 is 9.53 Å². The Kier molecular flexibility index (Phi) is 4.81. The first-order chi connectivity index (χ1) is 13.3. The van der Waals surface area contributed by atoms with Gasteiger partial charge in [-0.3, -0.25) is 4.79 Å². The molecule has 6 nitrogen and oxygen atoms in total. The Labute approximate surface area is 169 Å². The van der Waals surface area contributed by atoms with Crippen molar-refractivity contribution >= 4 is 23.4 Å². The lowest BCUT2D eigenvalue weighted by Crippen LogP contribution is -2.32. The second-order valence-corrected chi connectivity index (χ2v) is 9.21. The van der Waals surface area contributed by atoms with Gasteiger partial charge in [0.25, 0.3) is 0 Å². The van der Waals surface area contributed by atoms with Gasteiger partial charge in [-0.1, -0.05) is 32.5 Å². The number of hydrogen-bond acceptors (Lipinski definition) is 6. The van der Waals surface area contributed by atoms with Gasteiger partial charge in [-0.25, -0.2) is 4.98 Å². The number of fused-ring (bicyclic) bond motifs is 5. The number of amides is 1. The van der Waals surface area contributed by atoms with Gasteiger partial charge in [-0.05, 0) is 49.4 Å². The zero-order valence-corrected chi connectivity index (χ0v) is 17.6. The number of carbonyl (C=O) groups excluding carboxylic acids is 1. The second-order valence-electron chi connectivity index (χ2n) is 8.27. The Morgan fingerprint density at radius 2 is 2.00 bits per heavy atom. The second kappa shape index (κ2) is 7.03. The first-order valence-corrected chi connectivity index (χ1v) is 10.7. The summed E-state index contributed by atoms with van der Waals surface area (Å²) in [5, 5.41) is 12.2. The van der Waals surface area contributed by atoms with Crippen molar-refractivity contribution in [3.63, 3.8) is 0 Å². The molecule has 1 heterocycles. The number of hydrogen-bond donors (Lipinski definition) is 1. The predicted octanol–water partition coefficient (Wildman–Crippen LogP) is 4.18. The quantitative estimate of drug-likeness (QED) is 0.736. The van der Waals surface area contributed by atoms with Crippen LogP contribution >= 0.6 is 11.8 Å². The Bertz CT molecular complexity index is 900. The normalized spacial score (nSPS) is 24.1. The average molecular weight is 399 g/mol. The fourth-order valence-corrected chi connectivity index (χ4v) is 5.14. The smallest absolute Gasteiger partial charge is 0.234 e. The monoisotopic (exact) mass is 398 g/mol. The SMILES string of the molecule is CCOc1ccc(NC(=O)CSc2nnc3c(n2)[C@]2(C)CC[C@@H]3C2(C)C)cc1. The van der Waals surface area contributed by atoms with Gasteiger partial charge in [0.15, 0.2) is 0 Å². The lowest BCUT2D eigenvalue weighted by Gasteiger charge is -2.33. The number of thioether (sulfide) groups is 1. The maximum Gasteiger partial charge on any atom is 0.234 e. The maximum atomic E-state index is 12.3. The third-order valence-corrected chi connectivity index (χ3v) is 7.39. The minimum absolute atomic E-state index is 0.0445. The molecule has 0 saturated heterocycles. The van der Waals surface area contributed by atoms with Gasteiger partial charge in [0.1, 0.15) is 5.75 Å². The van der Waals surface area contributed by atoms with Crippen LogP contribution in [-0.2, 0) is 10.2 Å². The molecule has 0 spiro atoms. The molecule has 2 aromatic rings. The van der Waals surface area contributed by atoms with E-state index >= 15 is 0 Å². The third kappa shape index (κ3) is 3.05. The number of nitrogens with one attached hydrogen (secondary N) is 1. The highest BCUT2D eigenvalue weighted by atomic mass is 32.2. The molecular formula is C21H26N4O2S. The number of carbonyl (C=O) groups is 1. The molecule has 2 aliphatic carbocycles. The van der Waals surface area contributed by atoms with Gasteiger partial charge in [0, 0.05) is 17.0 Å². The summed E-state index contributed by atoms with van der Waals surface area (Å²) in [6.45, 7) is 9.47. The zero-order valence-electron chi connectivity index (χ0n) is 16.8. The summed E-state index contributed by atoms with van der Waals surface area (Å²) >= 11 is 1.33. The molecule has 1 aromatic heterocycles. The van der Waals surface area contributed by atoms with E-state index in [1.54, 1.807) is 0 Å². The first-order valence-electron chi connectivity index (χ1n) is 9.76. The summed E-state index contributed by atoms with van der Waals surface area (Å²) in [5.41, 5.74) is 3.09. The van der Waals surface area contributed by atoms with Crippen molar-refractivity contribution in [2.75, 3.05) is 17.7 Å². The number of rotatable bonds is 6.